The molecule has 0 radical (unpaired) electrons. The number of rotatable bonds is 4. The van der Waals surface area contributed by atoms with Crippen LogP contribution in [0.1, 0.15) is 5.56 Å². The summed E-state index contributed by atoms with van der Waals surface area (Å²) in [5.41, 5.74) is 7.86. The summed E-state index contributed by atoms with van der Waals surface area (Å²) in [5, 5.41) is 11.5. The van der Waals surface area contributed by atoms with Crippen molar-refractivity contribution in [3.8, 4) is 0 Å². The van der Waals surface area contributed by atoms with Crippen LogP contribution >= 0.6 is 11.8 Å². The monoisotopic (exact) mass is 275 g/mol. The first kappa shape index (κ1) is 13.2. The molecule has 0 aliphatic rings. The van der Waals surface area contributed by atoms with E-state index in [4.69, 9.17) is 10.8 Å². The molecule has 0 atom stereocenters. The maximum atomic E-state index is 10.5. The molecule has 1 aromatic carbocycles. The molecule has 2 aromatic rings. The molecule has 1 amide bonds. The van der Waals surface area contributed by atoms with E-state index in [-0.39, 0.29) is 0 Å². The summed E-state index contributed by atoms with van der Waals surface area (Å²) < 4.78 is 0. The molecule has 4 N–H and O–H groups in total. The van der Waals surface area contributed by atoms with Crippen molar-refractivity contribution >= 4 is 29.2 Å². The van der Waals surface area contributed by atoms with Crippen molar-refractivity contribution in [3.05, 3.63) is 48.2 Å². The number of anilines is 2. The minimum Gasteiger partial charge on any atom is -0.465 e. The van der Waals surface area contributed by atoms with E-state index in [1.54, 1.807) is 6.07 Å². The summed E-state index contributed by atoms with van der Waals surface area (Å²) in [6, 6.07) is 11.5. The quantitative estimate of drug-likeness (QED) is 0.746. The lowest BCUT2D eigenvalue weighted by Crippen LogP contribution is -2.08. The van der Waals surface area contributed by atoms with Gasteiger partial charge in [0.1, 0.15) is 5.03 Å². The Morgan fingerprint density at radius 3 is 2.74 bits per heavy atom. The molecule has 0 fully saturated rings. The van der Waals surface area contributed by atoms with Crippen molar-refractivity contribution in [2.75, 3.05) is 11.1 Å². The molecule has 0 saturated carbocycles. The molecule has 0 bridgehead atoms. The number of nitrogens with zero attached hydrogens (tertiary/aromatic N) is 1. The molecule has 0 saturated heterocycles. The van der Waals surface area contributed by atoms with Gasteiger partial charge >= 0.3 is 6.09 Å². The van der Waals surface area contributed by atoms with Crippen LogP contribution in [0.2, 0.25) is 0 Å². The Labute approximate surface area is 114 Å². The second kappa shape index (κ2) is 6.10. The summed E-state index contributed by atoms with van der Waals surface area (Å²) >= 11 is 1.52. The number of pyridine rings is 1. The predicted octanol–water partition coefficient (Wildman–Crippen LogP) is 3.05. The van der Waals surface area contributed by atoms with Crippen LogP contribution < -0.4 is 11.1 Å². The predicted molar refractivity (Wildman–Crippen MR) is 76.3 cm³/mol. The molecule has 6 heteroatoms. The second-order valence-corrected chi connectivity index (χ2v) is 4.79. The number of thioether (sulfide) groups is 1. The van der Waals surface area contributed by atoms with Crippen LogP contribution in [0, 0.1) is 0 Å². The Bertz CT molecular complexity index is 575. The maximum Gasteiger partial charge on any atom is 0.409 e. The van der Waals surface area contributed by atoms with Crippen LogP contribution in [-0.4, -0.2) is 16.2 Å². The van der Waals surface area contributed by atoms with Crippen molar-refractivity contribution in [1.29, 1.82) is 0 Å². The zero-order valence-corrected chi connectivity index (χ0v) is 10.9. The number of aromatic nitrogens is 1. The average Bonchev–Trinajstić information content (AvgIpc) is 2.38. The van der Waals surface area contributed by atoms with Gasteiger partial charge in [0.25, 0.3) is 0 Å². The third kappa shape index (κ3) is 3.89. The van der Waals surface area contributed by atoms with Crippen LogP contribution in [0.4, 0.5) is 16.2 Å². The van der Waals surface area contributed by atoms with E-state index in [0.717, 1.165) is 5.75 Å². The van der Waals surface area contributed by atoms with Gasteiger partial charge in [0.15, 0.2) is 0 Å². The fourth-order valence-electron chi connectivity index (χ4n) is 1.51. The van der Waals surface area contributed by atoms with Crippen LogP contribution in [0.3, 0.4) is 0 Å². The van der Waals surface area contributed by atoms with Gasteiger partial charge in [-0.05, 0) is 11.6 Å². The third-order valence-corrected chi connectivity index (χ3v) is 3.44. The van der Waals surface area contributed by atoms with Crippen LogP contribution in [0.25, 0.3) is 0 Å². The number of carbonyl (C=O) groups is 1. The van der Waals surface area contributed by atoms with Gasteiger partial charge < -0.3 is 10.8 Å². The fourth-order valence-corrected chi connectivity index (χ4v) is 2.36. The minimum atomic E-state index is -1.13. The lowest BCUT2D eigenvalue weighted by molar-refractivity contribution is 0.209. The van der Waals surface area contributed by atoms with Gasteiger partial charge in [0.2, 0.25) is 0 Å². The number of carboxylic acid groups (broad SMARTS) is 1. The molecule has 1 heterocycles. The first-order valence-corrected chi connectivity index (χ1v) is 6.56. The third-order valence-electron chi connectivity index (χ3n) is 2.35. The molecule has 19 heavy (non-hydrogen) atoms. The van der Waals surface area contributed by atoms with Gasteiger partial charge in [-0.3, -0.25) is 5.32 Å². The number of amides is 1. The molecule has 5 nitrogen and oxygen atoms in total. The molecular weight excluding hydrogens is 262 g/mol. The number of hydrogen-bond acceptors (Lipinski definition) is 4. The van der Waals surface area contributed by atoms with E-state index in [1.807, 2.05) is 30.3 Å². The molecule has 0 aliphatic carbocycles. The van der Waals surface area contributed by atoms with Crippen LogP contribution in [0.5, 0.6) is 0 Å². The van der Waals surface area contributed by atoms with E-state index >= 15 is 0 Å². The van der Waals surface area contributed by atoms with E-state index in [2.05, 4.69) is 10.3 Å². The summed E-state index contributed by atoms with van der Waals surface area (Å²) in [5.74, 6) is 0.768. The average molecular weight is 275 g/mol. The van der Waals surface area contributed by atoms with Crippen molar-refractivity contribution in [2.45, 2.75) is 10.8 Å². The van der Waals surface area contributed by atoms with E-state index < -0.39 is 6.09 Å². The van der Waals surface area contributed by atoms with Gasteiger partial charge in [-0.1, -0.05) is 42.1 Å². The van der Waals surface area contributed by atoms with Gasteiger partial charge in [0.05, 0.1) is 17.6 Å². The highest BCUT2D eigenvalue weighted by Crippen LogP contribution is 2.27. The second-order valence-electron chi connectivity index (χ2n) is 3.82. The lowest BCUT2D eigenvalue weighted by Gasteiger charge is -2.07. The largest absolute Gasteiger partial charge is 0.465 e. The van der Waals surface area contributed by atoms with E-state index in [0.29, 0.717) is 16.4 Å². The van der Waals surface area contributed by atoms with Crippen molar-refractivity contribution in [2.24, 2.45) is 0 Å². The summed E-state index contributed by atoms with van der Waals surface area (Å²) in [6.45, 7) is 0. The SMILES string of the molecule is Nc1cc(NC(=O)O)cnc1SCc1ccccc1. The molecule has 98 valence electrons. The Kier molecular flexibility index (Phi) is 4.25. The molecule has 0 spiro atoms. The minimum absolute atomic E-state index is 0.370. The molecular formula is C13H13N3O2S. The first-order valence-electron chi connectivity index (χ1n) is 5.57. The van der Waals surface area contributed by atoms with Gasteiger partial charge in [0, 0.05) is 5.75 Å². The Balaban J connectivity index is 2.03. The molecule has 2 rings (SSSR count). The highest BCUT2D eigenvalue weighted by Gasteiger charge is 2.05. The standard InChI is InChI=1S/C13H13N3O2S/c14-11-6-10(16-13(17)18)7-15-12(11)19-8-9-4-2-1-3-5-9/h1-7,16H,8,14H2,(H,17,18). The topological polar surface area (TPSA) is 88.2 Å². The Morgan fingerprint density at radius 2 is 2.11 bits per heavy atom. The first-order chi connectivity index (χ1) is 9.15. The van der Waals surface area contributed by atoms with Gasteiger partial charge in [-0.2, -0.15) is 0 Å². The van der Waals surface area contributed by atoms with Crippen molar-refractivity contribution in [3.63, 3.8) is 0 Å². The van der Waals surface area contributed by atoms with Gasteiger partial charge in [-0.15, -0.1) is 0 Å². The zero-order valence-electron chi connectivity index (χ0n) is 10.0. The van der Waals surface area contributed by atoms with Crippen molar-refractivity contribution < 1.29 is 9.90 Å². The van der Waals surface area contributed by atoms with Crippen LogP contribution in [0.15, 0.2) is 47.6 Å². The molecule has 1 aromatic heterocycles. The van der Waals surface area contributed by atoms with E-state index in [1.165, 1.54) is 23.5 Å². The number of hydrogen-bond donors (Lipinski definition) is 3. The fraction of sp³-hybridized carbons (Fsp3) is 0.0769. The zero-order chi connectivity index (χ0) is 13.7. The summed E-state index contributed by atoms with van der Waals surface area (Å²) in [4.78, 5) is 14.6. The number of benzene rings is 1. The normalized spacial score (nSPS) is 10.1. The summed E-state index contributed by atoms with van der Waals surface area (Å²) in [6.07, 6.45) is 0.323. The highest BCUT2D eigenvalue weighted by molar-refractivity contribution is 7.98. The summed E-state index contributed by atoms with van der Waals surface area (Å²) in [7, 11) is 0. The number of nitrogens with one attached hydrogen (secondary N) is 1. The molecule has 0 aliphatic heterocycles. The Hall–Kier alpha value is -2.21. The van der Waals surface area contributed by atoms with Gasteiger partial charge in [-0.25, -0.2) is 9.78 Å². The lowest BCUT2D eigenvalue weighted by atomic mass is 10.2. The smallest absolute Gasteiger partial charge is 0.409 e. The number of nitrogens with two attached hydrogens (primary N) is 1. The highest BCUT2D eigenvalue weighted by atomic mass is 32.2. The number of nitrogen functional groups attached to an aromatic ring is 1. The van der Waals surface area contributed by atoms with Crippen molar-refractivity contribution in [1.82, 2.24) is 4.98 Å². The maximum absolute atomic E-state index is 10.5. The molecule has 0 unspecified atom stereocenters. The Morgan fingerprint density at radius 1 is 1.37 bits per heavy atom. The van der Waals surface area contributed by atoms with E-state index in [9.17, 15) is 4.79 Å². The van der Waals surface area contributed by atoms with Crippen LogP contribution in [-0.2, 0) is 5.75 Å².